The van der Waals surface area contributed by atoms with Gasteiger partial charge < -0.3 is 4.74 Å². The van der Waals surface area contributed by atoms with Crippen molar-refractivity contribution in [1.29, 1.82) is 5.26 Å². The van der Waals surface area contributed by atoms with Gasteiger partial charge in [-0.3, -0.25) is 4.68 Å². The number of aryl methyl sites for hydroxylation is 1. The van der Waals surface area contributed by atoms with E-state index in [1.165, 1.54) is 0 Å². The molecule has 5 heteroatoms. The number of hydrogen-bond acceptors (Lipinski definition) is 4. The standard InChI is InChI=1S/C13H14N4O/c1-17-13(12(10-14)15-16-17)8-5-9-18-11-6-3-2-4-7-11/h2-4,6-7H,5,8-9H2,1H3. The van der Waals surface area contributed by atoms with Gasteiger partial charge in [0.15, 0.2) is 5.69 Å². The number of benzene rings is 1. The molecule has 0 aliphatic rings. The van der Waals surface area contributed by atoms with E-state index in [1.807, 2.05) is 36.4 Å². The molecule has 18 heavy (non-hydrogen) atoms. The van der Waals surface area contributed by atoms with Gasteiger partial charge in [0.05, 0.1) is 12.3 Å². The van der Waals surface area contributed by atoms with E-state index in [1.54, 1.807) is 11.7 Å². The van der Waals surface area contributed by atoms with Crippen molar-refractivity contribution in [3.63, 3.8) is 0 Å². The topological polar surface area (TPSA) is 63.7 Å². The van der Waals surface area contributed by atoms with Crippen molar-refractivity contribution in [3.8, 4) is 11.8 Å². The fourth-order valence-electron chi connectivity index (χ4n) is 1.69. The van der Waals surface area contributed by atoms with Crippen LogP contribution in [-0.2, 0) is 13.5 Å². The second kappa shape index (κ2) is 5.82. The molecule has 0 atom stereocenters. The van der Waals surface area contributed by atoms with Crippen LogP contribution in [0.2, 0.25) is 0 Å². The molecule has 0 radical (unpaired) electrons. The van der Waals surface area contributed by atoms with E-state index in [2.05, 4.69) is 10.3 Å². The van der Waals surface area contributed by atoms with E-state index >= 15 is 0 Å². The Kier molecular flexibility index (Phi) is 3.92. The minimum absolute atomic E-state index is 0.400. The number of nitrogens with zero attached hydrogens (tertiary/aromatic N) is 4. The Labute approximate surface area is 106 Å². The van der Waals surface area contributed by atoms with Crippen LogP contribution in [0.3, 0.4) is 0 Å². The summed E-state index contributed by atoms with van der Waals surface area (Å²) in [5, 5.41) is 16.5. The summed E-state index contributed by atoms with van der Waals surface area (Å²) in [6.07, 6.45) is 1.56. The smallest absolute Gasteiger partial charge is 0.185 e. The first-order valence-electron chi connectivity index (χ1n) is 5.78. The summed E-state index contributed by atoms with van der Waals surface area (Å²) in [6, 6.07) is 11.7. The van der Waals surface area contributed by atoms with Gasteiger partial charge in [0.2, 0.25) is 0 Å². The fraction of sp³-hybridized carbons (Fsp3) is 0.308. The fourth-order valence-corrected chi connectivity index (χ4v) is 1.69. The Morgan fingerprint density at radius 1 is 1.33 bits per heavy atom. The number of rotatable bonds is 5. The molecule has 0 saturated heterocycles. The molecule has 0 bridgehead atoms. The van der Waals surface area contributed by atoms with E-state index < -0.39 is 0 Å². The Balaban J connectivity index is 1.82. The predicted molar refractivity (Wildman–Crippen MR) is 66.0 cm³/mol. The maximum absolute atomic E-state index is 8.87. The predicted octanol–water partition coefficient (Wildman–Crippen LogP) is 1.70. The Bertz CT molecular complexity index is 542. The van der Waals surface area contributed by atoms with Crippen LogP contribution in [0.15, 0.2) is 30.3 Å². The maximum Gasteiger partial charge on any atom is 0.185 e. The maximum atomic E-state index is 8.87. The van der Waals surface area contributed by atoms with Gasteiger partial charge in [-0.2, -0.15) is 5.26 Å². The number of hydrogen-bond donors (Lipinski definition) is 0. The molecule has 2 rings (SSSR count). The summed E-state index contributed by atoms with van der Waals surface area (Å²) in [5.74, 6) is 0.862. The lowest BCUT2D eigenvalue weighted by Crippen LogP contribution is -2.04. The molecule has 1 heterocycles. The van der Waals surface area contributed by atoms with E-state index in [9.17, 15) is 0 Å². The van der Waals surface area contributed by atoms with E-state index in [4.69, 9.17) is 10.00 Å². The second-order valence-electron chi connectivity index (χ2n) is 3.89. The van der Waals surface area contributed by atoms with Gasteiger partial charge in [-0.15, -0.1) is 5.10 Å². The largest absolute Gasteiger partial charge is 0.494 e. The van der Waals surface area contributed by atoms with Crippen molar-refractivity contribution in [1.82, 2.24) is 15.0 Å². The third kappa shape index (κ3) is 2.86. The average Bonchev–Trinajstić information content (AvgIpc) is 2.77. The molecular formula is C13H14N4O. The highest BCUT2D eigenvalue weighted by Gasteiger charge is 2.09. The molecule has 0 N–H and O–H groups in total. The summed E-state index contributed by atoms with van der Waals surface area (Å²) < 4.78 is 7.22. The van der Waals surface area contributed by atoms with Crippen molar-refractivity contribution >= 4 is 0 Å². The van der Waals surface area contributed by atoms with Gasteiger partial charge in [-0.25, -0.2) is 0 Å². The Morgan fingerprint density at radius 2 is 2.11 bits per heavy atom. The third-order valence-electron chi connectivity index (χ3n) is 2.62. The van der Waals surface area contributed by atoms with Crippen LogP contribution >= 0.6 is 0 Å². The summed E-state index contributed by atoms with van der Waals surface area (Å²) >= 11 is 0. The lowest BCUT2D eigenvalue weighted by Gasteiger charge is -2.05. The van der Waals surface area contributed by atoms with Crippen LogP contribution in [-0.4, -0.2) is 21.6 Å². The van der Waals surface area contributed by atoms with Crippen LogP contribution in [0.1, 0.15) is 17.8 Å². The summed E-state index contributed by atoms with van der Waals surface area (Å²) in [7, 11) is 1.79. The number of aromatic nitrogens is 3. The molecule has 0 spiro atoms. The third-order valence-corrected chi connectivity index (χ3v) is 2.62. The zero-order valence-corrected chi connectivity index (χ0v) is 10.2. The van der Waals surface area contributed by atoms with Gasteiger partial charge in [0, 0.05) is 7.05 Å². The van der Waals surface area contributed by atoms with Crippen LogP contribution in [0.25, 0.3) is 0 Å². The van der Waals surface area contributed by atoms with Gasteiger partial charge in [0.25, 0.3) is 0 Å². The quantitative estimate of drug-likeness (QED) is 0.748. The monoisotopic (exact) mass is 242 g/mol. The first-order chi connectivity index (χ1) is 8.81. The van der Waals surface area contributed by atoms with Crippen LogP contribution in [0.5, 0.6) is 5.75 Å². The molecule has 0 amide bonds. The number of para-hydroxylation sites is 1. The second-order valence-corrected chi connectivity index (χ2v) is 3.89. The molecule has 0 aliphatic heterocycles. The average molecular weight is 242 g/mol. The first-order valence-corrected chi connectivity index (χ1v) is 5.78. The molecule has 0 unspecified atom stereocenters. The number of nitriles is 1. The Hall–Kier alpha value is -2.35. The lowest BCUT2D eigenvalue weighted by atomic mass is 10.2. The molecule has 0 aliphatic carbocycles. The van der Waals surface area contributed by atoms with Gasteiger partial charge in [-0.1, -0.05) is 23.4 Å². The SMILES string of the molecule is Cn1nnc(C#N)c1CCCOc1ccccc1. The van der Waals surface area contributed by atoms with Gasteiger partial charge in [-0.05, 0) is 25.0 Å². The van der Waals surface area contributed by atoms with Crippen molar-refractivity contribution in [2.24, 2.45) is 7.05 Å². The summed E-state index contributed by atoms with van der Waals surface area (Å²) in [6.45, 7) is 0.611. The van der Waals surface area contributed by atoms with Crippen molar-refractivity contribution in [3.05, 3.63) is 41.7 Å². The van der Waals surface area contributed by atoms with E-state index in [0.717, 1.165) is 24.3 Å². The molecule has 1 aromatic carbocycles. The van der Waals surface area contributed by atoms with Crippen LogP contribution < -0.4 is 4.74 Å². The normalized spacial score (nSPS) is 10.0. The molecule has 92 valence electrons. The zero-order chi connectivity index (χ0) is 12.8. The number of ether oxygens (including phenoxy) is 1. The van der Waals surface area contributed by atoms with Crippen molar-refractivity contribution < 1.29 is 4.74 Å². The molecule has 0 fully saturated rings. The molecule has 0 saturated carbocycles. The van der Waals surface area contributed by atoms with Crippen molar-refractivity contribution in [2.75, 3.05) is 6.61 Å². The molecular weight excluding hydrogens is 228 g/mol. The molecule has 1 aromatic heterocycles. The summed E-state index contributed by atoms with van der Waals surface area (Å²) in [5.41, 5.74) is 1.26. The molecule has 2 aromatic rings. The Morgan fingerprint density at radius 3 is 2.83 bits per heavy atom. The summed E-state index contributed by atoms with van der Waals surface area (Å²) in [4.78, 5) is 0. The van der Waals surface area contributed by atoms with Crippen LogP contribution in [0, 0.1) is 11.3 Å². The van der Waals surface area contributed by atoms with Gasteiger partial charge >= 0.3 is 0 Å². The van der Waals surface area contributed by atoms with Crippen LogP contribution in [0.4, 0.5) is 0 Å². The minimum Gasteiger partial charge on any atom is -0.494 e. The zero-order valence-electron chi connectivity index (χ0n) is 10.2. The minimum atomic E-state index is 0.400. The highest BCUT2D eigenvalue weighted by Crippen LogP contribution is 2.10. The first kappa shape index (κ1) is 12.1. The van der Waals surface area contributed by atoms with Crippen molar-refractivity contribution in [2.45, 2.75) is 12.8 Å². The highest BCUT2D eigenvalue weighted by molar-refractivity contribution is 5.24. The lowest BCUT2D eigenvalue weighted by molar-refractivity contribution is 0.309. The van der Waals surface area contributed by atoms with E-state index in [-0.39, 0.29) is 0 Å². The van der Waals surface area contributed by atoms with E-state index in [0.29, 0.717) is 12.3 Å². The van der Waals surface area contributed by atoms with Gasteiger partial charge in [0.1, 0.15) is 11.8 Å². The highest BCUT2D eigenvalue weighted by atomic mass is 16.5. The molecule has 5 nitrogen and oxygen atoms in total.